The summed E-state index contributed by atoms with van der Waals surface area (Å²) in [5.41, 5.74) is 11.3. The Hall–Kier alpha value is -2.48. The number of primary amides is 2. The molecule has 2 aromatic rings. The monoisotopic (exact) mass is 345 g/mol. The fourth-order valence-electron chi connectivity index (χ4n) is 2.79. The van der Waals surface area contributed by atoms with Crippen LogP contribution in [0.25, 0.3) is 5.69 Å². The Labute approximate surface area is 143 Å². The number of carbonyl (C=O) groups is 2. The van der Waals surface area contributed by atoms with Crippen molar-refractivity contribution in [3.05, 3.63) is 36.2 Å². The average Bonchev–Trinajstić information content (AvgIpc) is 3.17. The molecular formula is C16H19N5O2S. The molecule has 7 nitrogen and oxygen atoms in total. The molecule has 3 rings (SSSR count). The zero-order valence-electron chi connectivity index (χ0n) is 13.1. The first-order chi connectivity index (χ1) is 11.5. The molecule has 0 unspecified atom stereocenters. The predicted octanol–water partition coefficient (Wildman–Crippen LogP) is 2.50. The molecule has 1 aliphatic carbocycles. The third-order valence-corrected chi connectivity index (χ3v) is 5.26. The van der Waals surface area contributed by atoms with Crippen molar-refractivity contribution in [1.82, 2.24) is 9.78 Å². The molecule has 1 saturated carbocycles. The summed E-state index contributed by atoms with van der Waals surface area (Å²) < 4.78 is 1.50. The van der Waals surface area contributed by atoms with Crippen molar-refractivity contribution in [2.45, 2.75) is 35.8 Å². The number of aromatic nitrogens is 2. The second kappa shape index (κ2) is 6.96. The maximum absolute atomic E-state index is 11.4. The van der Waals surface area contributed by atoms with Crippen LogP contribution >= 0.6 is 11.8 Å². The highest BCUT2D eigenvalue weighted by Crippen LogP contribution is 2.34. The number of thioether (sulfide) groups is 1. The summed E-state index contributed by atoms with van der Waals surface area (Å²) in [6, 6.07) is 7.13. The summed E-state index contributed by atoms with van der Waals surface area (Å²) in [4.78, 5) is 23.7. The smallest absolute Gasteiger partial charge is 0.316 e. The molecule has 5 N–H and O–H groups in total. The largest absolute Gasteiger partial charge is 0.364 e. The van der Waals surface area contributed by atoms with Gasteiger partial charge in [-0.2, -0.15) is 5.10 Å². The number of nitrogens with one attached hydrogen (secondary N) is 1. The van der Waals surface area contributed by atoms with Crippen LogP contribution in [0.5, 0.6) is 0 Å². The number of hydrogen-bond donors (Lipinski definition) is 3. The van der Waals surface area contributed by atoms with Gasteiger partial charge in [-0.05, 0) is 37.1 Å². The van der Waals surface area contributed by atoms with Crippen molar-refractivity contribution in [3.63, 3.8) is 0 Å². The molecule has 8 heteroatoms. The SMILES string of the molecule is NC(=O)Nc1cn(-c2ccc(SC3CCCC3)cc2)nc1C(N)=O. The normalized spacial score (nSPS) is 14.7. The van der Waals surface area contributed by atoms with E-state index in [1.54, 1.807) is 0 Å². The minimum atomic E-state index is -0.777. The molecule has 126 valence electrons. The standard InChI is InChI=1S/C16H19N5O2S/c17-15(22)14-13(19-16(18)23)9-21(20-14)10-5-7-12(8-6-10)24-11-3-1-2-4-11/h5-9,11H,1-4H2,(H2,17,22)(H3,18,19,23). The molecule has 0 bridgehead atoms. The molecule has 1 fully saturated rings. The summed E-state index contributed by atoms with van der Waals surface area (Å²) in [5, 5.41) is 7.19. The summed E-state index contributed by atoms with van der Waals surface area (Å²) in [5.74, 6) is -0.731. The molecule has 1 aromatic heterocycles. The van der Waals surface area contributed by atoms with E-state index in [1.807, 2.05) is 36.0 Å². The minimum absolute atomic E-state index is 0.0294. The molecule has 24 heavy (non-hydrogen) atoms. The predicted molar refractivity (Wildman–Crippen MR) is 93.4 cm³/mol. The molecule has 1 aromatic carbocycles. The van der Waals surface area contributed by atoms with Gasteiger partial charge in [0.2, 0.25) is 0 Å². The zero-order chi connectivity index (χ0) is 17.1. The van der Waals surface area contributed by atoms with Crippen LogP contribution in [0.3, 0.4) is 0 Å². The molecule has 0 saturated heterocycles. The van der Waals surface area contributed by atoms with E-state index in [0.29, 0.717) is 5.25 Å². The van der Waals surface area contributed by atoms with Crippen LogP contribution in [-0.2, 0) is 0 Å². The molecule has 0 aliphatic heterocycles. The minimum Gasteiger partial charge on any atom is -0.364 e. The number of nitrogens with zero attached hydrogens (tertiary/aromatic N) is 2. The molecule has 3 amide bonds. The number of urea groups is 1. The van der Waals surface area contributed by atoms with Gasteiger partial charge in [0.25, 0.3) is 5.91 Å². The fourth-order valence-corrected chi connectivity index (χ4v) is 4.04. The lowest BCUT2D eigenvalue weighted by molar-refractivity contribution is 0.0996. The Kier molecular flexibility index (Phi) is 4.75. The van der Waals surface area contributed by atoms with Crippen LogP contribution in [0.1, 0.15) is 36.2 Å². The van der Waals surface area contributed by atoms with Gasteiger partial charge in [-0.3, -0.25) is 4.79 Å². The van der Waals surface area contributed by atoms with E-state index in [-0.39, 0.29) is 11.4 Å². The van der Waals surface area contributed by atoms with Crippen molar-refractivity contribution in [2.24, 2.45) is 11.5 Å². The number of nitrogens with two attached hydrogens (primary N) is 2. The van der Waals surface area contributed by atoms with Gasteiger partial charge < -0.3 is 16.8 Å². The molecule has 1 heterocycles. The lowest BCUT2D eigenvalue weighted by Gasteiger charge is -2.09. The van der Waals surface area contributed by atoms with Crippen molar-refractivity contribution in [3.8, 4) is 5.69 Å². The third kappa shape index (κ3) is 3.70. The lowest BCUT2D eigenvalue weighted by atomic mass is 10.3. The number of amides is 3. The first-order valence-corrected chi connectivity index (χ1v) is 8.64. The Morgan fingerprint density at radius 2 is 1.83 bits per heavy atom. The summed E-state index contributed by atoms with van der Waals surface area (Å²) in [6.45, 7) is 0. The van der Waals surface area contributed by atoms with Crippen LogP contribution in [0, 0.1) is 0 Å². The zero-order valence-corrected chi connectivity index (χ0v) is 13.9. The van der Waals surface area contributed by atoms with Crippen LogP contribution < -0.4 is 16.8 Å². The van der Waals surface area contributed by atoms with Gasteiger partial charge >= 0.3 is 6.03 Å². The Bertz CT molecular complexity index is 750. The molecular weight excluding hydrogens is 326 g/mol. The van der Waals surface area contributed by atoms with Crippen LogP contribution in [0.2, 0.25) is 0 Å². The van der Waals surface area contributed by atoms with Gasteiger partial charge in [0.05, 0.1) is 17.6 Å². The van der Waals surface area contributed by atoms with E-state index in [4.69, 9.17) is 11.5 Å². The van der Waals surface area contributed by atoms with Gasteiger partial charge in [0, 0.05) is 10.1 Å². The summed E-state index contributed by atoms with van der Waals surface area (Å²) in [6.07, 6.45) is 6.69. The third-order valence-electron chi connectivity index (χ3n) is 3.91. The molecule has 1 aliphatic rings. The van der Waals surface area contributed by atoms with E-state index >= 15 is 0 Å². The first-order valence-electron chi connectivity index (χ1n) is 7.76. The molecule has 0 radical (unpaired) electrons. The Morgan fingerprint density at radius 1 is 1.17 bits per heavy atom. The second-order valence-corrected chi connectivity index (χ2v) is 7.08. The highest BCUT2D eigenvalue weighted by atomic mass is 32.2. The van der Waals surface area contributed by atoms with Gasteiger partial charge in [-0.25, -0.2) is 9.48 Å². The summed E-state index contributed by atoms with van der Waals surface area (Å²) >= 11 is 1.90. The fraction of sp³-hybridized carbons (Fsp3) is 0.312. The topological polar surface area (TPSA) is 116 Å². The maximum Gasteiger partial charge on any atom is 0.316 e. The number of anilines is 1. The number of carbonyl (C=O) groups excluding carboxylic acids is 2. The van der Waals surface area contributed by atoms with Crippen molar-refractivity contribution in [2.75, 3.05) is 5.32 Å². The molecule has 0 spiro atoms. The number of hydrogen-bond acceptors (Lipinski definition) is 4. The van der Waals surface area contributed by atoms with Crippen molar-refractivity contribution in [1.29, 1.82) is 0 Å². The van der Waals surface area contributed by atoms with Gasteiger partial charge in [0.15, 0.2) is 5.69 Å². The van der Waals surface area contributed by atoms with E-state index in [0.717, 1.165) is 5.69 Å². The highest BCUT2D eigenvalue weighted by Gasteiger charge is 2.17. The van der Waals surface area contributed by atoms with Crippen LogP contribution in [-0.4, -0.2) is 27.0 Å². The highest BCUT2D eigenvalue weighted by molar-refractivity contribution is 8.00. The van der Waals surface area contributed by atoms with E-state index in [2.05, 4.69) is 10.4 Å². The Morgan fingerprint density at radius 3 is 2.42 bits per heavy atom. The Balaban J connectivity index is 1.80. The quantitative estimate of drug-likeness (QED) is 0.772. The van der Waals surface area contributed by atoms with Gasteiger partial charge in [0.1, 0.15) is 0 Å². The summed E-state index contributed by atoms with van der Waals surface area (Å²) in [7, 11) is 0. The van der Waals surface area contributed by atoms with Crippen molar-refractivity contribution < 1.29 is 9.59 Å². The van der Waals surface area contributed by atoms with Crippen molar-refractivity contribution >= 4 is 29.4 Å². The molecule has 0 atom stereocenters. The maximum atomic E-state index is 11.4. The number of benzene rings is 1. The van der Waals surface area contributed by atoms with E-state index < -0.39 is 11.9 Å². The first kappa shape index (κ1) is 16.4. The average molecular weight is 345 g/mol. The lowest BCUT2D eigenvalue weighted by Crippen LogP contribution is -2.22. The van der Waals surface area contributed by atoms with E-state index in [9.17, 15) is 9.59 Å². The second-order valence-electron chi connectivity index (χ2n) is 5.71. The van der Waals surface area contributed by atoms with Gasteiger partial charge in [-0.1, -0.05) is 12.8 Å². The number of rotatable bonds is 5. The van der Waals surface area contributed by atoms with E-state index in [1.165, 1.54) is 41.5 Å². The van der Waals surface area contributed by atoms with Crippen LogP contribution in [0.4, 0.5) is 10.5 Å². The van der Waals surface area contributed by atoms with Gasteiger partial charge in [-0.15, -0.1) is 11.8 Å². The van der Waals surface area contributed by atoms with Crippen LogP contribution in [0.15, 0.2) is 35.4 Å².